The van der Waals surface area contributed by atoms with Crippen LogP contribution in [0.3, 0.4) is 0 Å². The molecule has 0 aliphatic carbocycles. The maximum atomic E-state index is 8.12. The average molecular weight is 102 g/mol. The van der Waals surface area contributed by atoms with Crippen molar-refractivity contribution in [3.05, 3.63) is 0 Å². The Labute approximate surface area is 41.3 Å². The van der Waals surface area contributed by atoms with Gasteiger partial charge in [0.15, 0.2) is 0 Å². The molecule has 3 heteroatoms. The molecule has 1 heterocycles. The van der Waals surface area contributed by atoms with E-state index < -0.39 is 0 Å². The highest BCUT2D eigenvalue weighted by atomic mass is 16.5. The lowest BCUT2D eigenvalue weighted by Crippen LogP contribution is -2.09. The third kappa shape index (κ3) is 5.34. The second-order valence-electron chi connectivity index (χ2n) is 1.05. The molecule has 0 radical (unpaired) electrons. The summed E-state index contributed by atoms with van der Waals surface area (Å²) in [6.07, 6.45) is 1.53. The van der Waals surface area contributed by atoms with Gasteiger partial charge in [0.25, 0.3) is 0 Å². The first-order valence-electron chi connectivity index (χ1n) is 1.99. The summed E-state index contributed by atoms with van der Waals surface area (Å²) in [6, 6.07) is 0. The molecule has 1 aliphatic heterocycles. The molecule has 0 unspecified atom stereocenters. The normalized spacial score (nSPS) is 14.9. The molecule has 1 fully saturated rings. The molecule has 1 rings (SSSR count). The predicted molar refractivity (Wildman–Crippen MR) is 20.4 cm³/mol. The van der Waals surface area contributed by atoms with E-state index in [1.54, 1.807) is 0 Å². The first-order valence-corrected chi connectivity index (χ1v) is 1.99. The van der Waals surface area contributed by atoms with Gasteiger partial charge in [0.2, 0.25) is 0 Å². The zero-order valence-electron chi connectivity index (χ0n) is 3.85. The van der Waals surface area contributed by atoms with Gasteiger partial charge in [0, 0.05) is 13.2 Å². The van der Waals surface area contributed by atoms with Crippen LogP contribution in [0.1, 0.15) is 6.42 Å². The smallest absolute Gasteiger partial charge is 0.373 e. The van der Waals surface area contributed by atoms with Crippen LogP contribution in [0.5, 0.6) is 0 Å². The fourth-order valence-corrected chi connectivity index (χ4v) is 0.144. The van der Waals surface area contributed by atoms with Crippen LogP contribution in [0.2, 0.25) is 0 Å². The monoisotopic (exact) mass is 102 g/mol. The molecule has 40 valence electrons. The van der Waals surface area contributed by atoms with Gasteiger partial charge in [-0.3, -0.25) is 0 Å². The summed E-state index contributed by atoms with van der Waals surface area (Å²) in [4.78, 5) is 16.2. The molecule has 0 aromatic heterocycles. The highest BCUT2D eigenvalue weighted by Gasteiger charge is 1.94. The van der Waals surface area contributed by atoms with E-state index in [2.05, 4.69) is 0 Å². The van der Waals surface area contributed by atoms with Crippen molar-refractivity contribution in [2.75, 3.05) is 13.2 Å². The molecule has 0 amide bonds. The number of hydrogen-bond acceptors (Lipinski definition) is 3. The Balaban J connectivity index is 0.000000110. The third-order valence-corrected chi connectivity index (χ3v) is 0.577. The Hall–Kier alpha value is -0.660. The van der Waals surface area contributed by atoms with Crippen LogP contribution in [0.4, 0.5) is 0 Å². The van der Waals surface area contributed by atoms with Crippen molar-refractivity contribution in [2.45, 2.75) is 6.42 Å². The summed E-state index contributed by atoms with van der Waals surface area (Å²) in [6.45, 7) is 2.00. The van der Waals surface area contributed by atoms with Crippen molar-refractivity contribution in [3.8, 4) is 0 Å². The van der Waals surface area contributed by atoms with Gasteiger partial charge in [-0.1, -0.05) is 0 Å². The Morgan fingerprint density at radius 2 is 1.43 bits per heavy atom. The maximum Gasteiger partial charge on any atom is 0.373 e. The van der Waals surface area contributed by atoms with E-state index in [0.29, 0.717) is 0 Å². The van der Waals surface area contributed by atoms with Gasteiger partial charge in [-0.2, -0.15) is 9.59 Å². The molecule has 0 aromatic carbocycles. The molecule has 0 saturated carbocycles. The zero-order valence-corrected chi connectivity index (χ0v) is 3.85. The maximum absolute atomic E-state index is 8.12. The van der Waals surface area contributed by atoms with E-state index >= 15 is 0 Å². The first-order chi connectivity index (χ1) is 3.41. The van der Waals surface area contributed by atoms with Crippen LogP contribution in [-0.2, 0) is 14.3 Å². The van der Waals surface area contributed by atoms with Crippen molar-refractivity contribution in [2.24, 2.45) is 0 Å². The molecular weight excluding hydrogens is 96.0 g/mol. The number of hydrogen-bond donors (Lipinski definition) is 0. The number of rotatable bonds is 0. The predicted octanol–water partition coefficient (Wildman–Crippen LogP) is -0.177. The van der Waals surface area contributed by atoms with Crippen LogP contribution in [0.25, 0.3) is 0 Å². The lowest BCUT2D eigenvalue weighted by Gasteiger charge is -2.09. The fraction of sp³-hybridized carbons (Fsp3) is 0.750. The molecule has 0 spiro atoms. The highest BCUT2D eigenvalue weighted by molar-refractivity contribution is 5.20. The quantitative estimate of drug-likeness (QED) is 0.426. The van der Waals surface area contributed by atoms with Crippen LogP contribution in [0.15, 0.2) is 0 Å². The van der Waals surface area contributed by atoms with Gasteiger partial charge < -0.3 is 4.74 Å². The topological polar surface area (TPSA) is 43.4 Å². The largest absolute Gasteiger partial charge is 0.381 e. The molecule has 0 bridgehead atoms. The zero-order chi connectivity index (χ0) is 5.54. The van der Waals surface area contributed by atoms with Gasteiger partial charge in [-0.15, -0.1) is 0 Å². The molecule has 1 saturated heterocycles. The van der Waals surface area contributed by atoms with Crippen LogP contribution >= 0.6 is 0 Å². The summed E-state index contributed by atoms with van der Waals surface area (Å²) < 4.78 is 4.72. The second-order valence-corrected chi connectivity index (χ2v) is 1.05. The van der Waals surface area contributed by atoms with Crippen molar-refractivity contribution in [1.82, 2.24) is 0 Å². The van der Waals surface area contributed by atoms with Crippen molar-refractivity contribution in [1.29, 1.82) is 0 Å². The Morgan fingerprint density at radius 1 is 1.29 bits per heavy atom. The minimum Gasteiger partial charge on any atom is -0.381 e. The fourth-order valence-electron chi connectivity index (χ4n) is 0.144. The lowest BCUT2D eigenvalue weighted by molar-refractivity contribution is -0.191. The van der Waals surface area contributed by atoms with E-state index in [0.717, 1.165) is 13.2 Å². The number of carbonyl (C=O) groups excluding carboxylic acids is 2. The summed E-state index contributed by atoms with van der Waals surface area (Å²) >= 11 is 0. The lowest BCUT2D eigenvalue weighted by atomic mass is 10.4. The molecule has 0 aromatic rings. The van der Waals surface area contributed by atoms with Crippen molar-refractivity contribution >= 4 is 6.15 Å². The van der Waals surface area contributed by atoms with E-state index in [1.807, 2.05) is 0 Å². The molecule has 3 nitrogen and oxygen atoms in total. The van der Waals surface area contributed by atoms with Crippen LogP contribution in [-0.4, -0.2) is 19.4 Å². The van der Waals surface area contributed by atoms with Gasteiger partial charge in [-0.05, 0) is 6.42 Å². The SMILES string of the molecule is C1COC1.O=C=O. The van der Waals surface area contributed by atoms with E-state index in [9.17, 15) is 0 Å². The molecule has 0 atom stereocenters. The van der Waals surface area contributed by atoms with E-state index in [1.165, 1.54) is 6.42 Å². The van der Waals surface area contributed by atoms with Gasteiger partial charge in [-0.25, -0.2) is 0 Å². The van der Waals surface area contributed by atoms with E-state index in [4.69, 9.17) is 14.3 Å². The van der Waals surface area contributed by atoms with Crippen molar-refractivity contribution < 1.29 is 14.3 Å². The first kappa shape index (κ1) is 6.34. The van der Waals surface area contributed by atoms with Crippen LogP contribution < -0.4 is 0 Å². The Bertz CT molecular complexity index is 55.3. The van der Waals surface area contributed by atoms with Crippen molar-refractivity contribution in [3.63, 3.8) is 0 Å². The second kappa shape index (κ2) is 5.34. The Kier molecular flexibility index (Phi) is 4.84. The average Bonchev–Trinajstić information content (AvgIpc) is 1.27. The minimum atomic E-state index is 0.250. The molecule has 1 aliphatic rings. The molecular formula is C4H6O3. The summed E-state index contributed by atoms with van der Waals surface area (Å²) in [7, 11) is 0. The summed E-state index contributed by atoms with van der Waals surface area (Å²) in [5, 5.41) is 0. The van der Waals surface area contributed by atoms with Gasteiger partial charge in [0.05, 0.1) is 0 Å². The standard InChI is InChI=1S/C3H6O.CO2/c1-2-4-3-1;2-1-3/h1-3H2;. The molecule has 7 heavy (non-hydrogen) atoms. The highest BCUT2D eigenvalue weighted by Crippen LogP contribution is 1.92. The minimum absolute atomic E-state index is 0.250. The third-order valence-electron chi connectivity index (χ3n) is 0.577. The summed E-state index contributed by atoms with van der Waals surface area (Å²) in [5.41, 5.74) is 0. The van der Waals surface area contributed by atoms with Crippen LogP contribution in [0, 0.1) is 0 Å². The summed E-state index contributed by atoms with van der Waals surface area (Å²) in [5.74, 6) is 0. The van der Waals surface area contributed by atoms with E-state index in [-0.39, 0.29) is 6.15 Å². The number of ether oxygens (including phenoxy) is 1. The Morgan fingerprint density at radius 3 is 1.43 bits per heavy atom. The van der Waals surface area contributed by atoms with Gasteiger partial charge >= 0.3 is 6.15 Å². The van der Waals surface area contributed by atoms with Gasteiger partial charge in [0.1, 0.15) is 0 Å². The molecule has 0 N–H and O–H groups in total.